The number of hydrogen-bond donors (Lipinski definition) is 0. The second kappa shape index (κ2) is 20.4. The third kappa shape index (κ3) is 11.3. The first kappa shape index (κ1) is 46.8. The molecule has 0 radical (unpaired) electrons. The Morgan fingerprint density at radius 1 is 0.373 bits per heavy atom. The minimum absolute atomic E-state index is 0.130. The monoisotopic (exact) mass is 914 g/mol. The van der Waals surface area contributed by atoms with Crippen molar-refractivity contribution in [1.29, 1.82) is 0 Å². The third-order valence-corrected chi connectivity index (χ3v) is 11.2. The highest BCUT2D eigenvalue weighted by atomic mass is 16.8. The van der Waals surface area contributed by atoms with Crippen molar-refractivity contribution in [2.45, 2.75) is 94.2 Å². The van der Waals surface area contributed by atoms with Crippen LogP contribution in [0.1, 0.15) is 79.5 Å². The molecule has 3 aliphatic heterocycles. The molecule has 0 saturated carbocycles. The van der Waals surface area contributed by atoms with E-state index < -0.39 is 103 Å². The van der Waals surface area contributed by atoms with Crippen LogP contribution in [0.5, 0.6) is 0 Å². The van der Waals surface area contributed by atoms with Crippen LogP contribution in [0.25, 0.3) is 0 Å². The van der Waals surface area contributed by atoms with Gasteiger partial charge in [-0.1, -0.05) is 91.0 Å². The van der Waals surface area contributed by atoms with Gasteiger partial charge in [0.25, 0.3) is 0 Å². The van der Waals surface area contributed by atoms with E-state index in [0.717, 1.165) is 0 Å². The SMILES string of the molecule is CC1(C)O[C@@H]([C@H]2OC(C)(C)O[C@@H]2C2O[C@H](COC(=O)c3ccccc3)[C@@H](OC(=O)c3ccccc3)[C@H](OC(=O)c3ccccc3)[C@H]2OC(=O)c2ccccc2)[C@H](COC(=O)c2ccccc2)O1. The summed E-state index contributed by atoms with van der Waals surface area (Å²) in [6.45, 7) is 5.90. The minimum atomic E-state index is -1.65. The van der Waals surface area contributed by atoms with E-state index in [1.807, 2.05) is 0 Å². The van der Waals surface area contributed by atoms with E-state index in [1.165, 1.54) is 24.3 Å². The van der Waals surface area contributed by atoms with Gasteiger partial charge >= 0.3 is 29.8 Å². The highest BCUT2D eigenvalue weighted by Gasteiger charge is 2.62. The normalized spacial score (nSPS) is 26.1. The Morgan fingerprint density at radius 2 is 0.687 bits per heavy atom. The van der Waals surface area contributed by atoms with E-state index in [0.29, 0.717) is 5.56 Å². The number of carbonyl (C=O) groups excluding carboxylic acids is 5. The molecule has 348 valence electrons. The van der Waals surface area contributed by atoms with Crippen LogP contribution >= 0.6 is 0 Å². The van der Waals surface area contributed by atoms with Crippen LogP contribution in [0, 0.1) is 0 Å². The van der Waals surface area contributed by atoms with E-state index in [-0.39, 0.29) is 28.9 Å². The number of esters is 5. The molecule has 3 heterocycles. The first-order valence-corrected chi connectivity index (χ1v) is 21.8. The zero-order valence-electron chi connectivity index (χ0n) is 37.2. The topological polar surface area (TPSA) is 178 Å². The molecular formula is C52H50O15. The van der Waals surface area contributed by atoms with Gasteiger partial charge in [-0.25, -0.2) is 24.0 Å². The van der Waals surface area contributed by atoms with Crippen molar-refractivity contribution in [2.24, 2.45) is 0 Å². The lowest BCUT2D eigenvalue weighted by atomic mass is 9.87. The molecule has 5 aromatic carbocycles. The number of benzene rings is 5. The van der Waals surface area contributed by atoms with Crippen molar-refractivity contribution in [3.05, 3.63) is 179 Å². The van der Waals surface area contributed by atoms with Crippen LogP contribution in [-0.4, -0.2) is 110 Å². The van der Waals surface area contributed by atoms with Crippen LogP contribution < -0.4 is 0 Å². The van der Waals surface area contributed by atoms with Gasteiger partial charge in [0.2, 0.25) is 0 Å². The first-order chi connectivity index (χ1) is 32.2. The van der Waals surface area contributed by atoms with Gasteiger partial charge < -0.3 is 47.4 Å². The van der Waals surface area contributed by atoms with Crippen molar-refractivity contribution in [1.82, 2.24) is 0 Å². The molecule has 3 fully saturated rings. The summed E-state index contributed by atoms with van der Waals surface area (Å²) in [7, 11) is 0. The molecule has 3 aliphatic rings. The third-order valence-electron chi connectivity index (χ3n) is 11.2. The lowest BCUT2D eigenvalue weighted by molar-refractivity contribution is -0.257. The lowest BCUT2D eigenvalue weighted by Crippen LogP contribution is -2.66. The molecule has 67 heavy (non-hydrogen) atoms. The fraction of sp³-hybridized carbons (Fsp3) is 0.327. The molecule has 0 spiro atoms. The van der Waals surface area contributed by atoms with Crippen LogP contribution in [-0.2, 0) is 47.4 Å². The second-order valence-corrected chi connectivity index (χ2v) is 17.0. The highest BCUT2D eigenvalue weighted by Crippen LogP contribution is 2.44. The van der Waals surface area contributed by atoms with E-state index in [4.69, 9.17) is 47.4 Å². The lowest BCUT2D eigenvalue weighted by Gasteiger charge is -2.47. The minimum Gasteiger partial charge on any atom is -0.459 e. The molecular weight excluding hydrogens is 865 g/mol. The van der Waals surface area contributed by atoms with Gasteiger partial charge in [-0.3, -0.25) is 0 Å². The highest BCUT2D eigenvalue weighted by molar-refractivity contribution is 5.92. The van der Waals surface area contributed by atoms with Crippen molar-refractivity contribution in [3.8, 4) is 0 Å². The summed E-state index contributed by atoms with van der Waals surface area (Å²) in [5.74, 6) is -6.45. The zero-order valence-corrected chi connectivity index (χ0v) is 37.2. The molecule has 9 atom stereocenters. The average Bonchev–Trinajstić information content (AvgIpc) is 3.85. The average molecular weight is 915 g/mol. The molecule has 15 heteroatoms. The van der Waals surface area contributed by atoms with Gasteiger partial charge in [0, 0.05) is 0 Å². The zero-order chi connectivity index (χ0) is 47.1. The van der Waals surface area contributed by atoms with E-state index in [2.05, 4.69) is 0 Å². The standard InChI is InChI=1S/C52H50O15/c1-51(2)64-38(31-59-47(54)33-22-12-6-13-23-33)40(65-51)44-45(67-52(3,4)66-44)43-42(63-50(57)36-28-18-9-19-29-36)41(62-49(56)35-26-16-8-17-27-35)39(61-48(55)34-24-14-7-15-25-34)37(60-43)30-58-46(53)32-20-10-5-11-21-32/h5-29,37-45H,30-31H2,1-4H3/t37-,38+,39-,40-,41+,42-,43?,44-,45-/m1/s1. The Balaban J connectivity index is 1.22. The molecule has 0 bridgehead atoms. The smallest absolute Gasteiger partial charge is 0.338 e. The summed E-state index contributed by atoms with van der Waals surface area (Å²) in [5.41, 5.74) is 0.966. The molecule has 0 amide bonds. The Morgan fingerprint density at radius 3 is 1.10 bits per heavy atom. The number of carbonyl (C=O) groups is 5. The molecule has 0 aliphatic carbocycles. The second-order valence-electron chi connectivity index (χ2n) is 17.0. The largest absolute Gasteiger partial charge is 0.459 e. The summed E-state index contributed by atoms with van der Waals surface area (Å²) in [4.78, 5) is 69.3. The summed E-state index contributed by atoms with van der Waals surface area (Å²) < 4.78 is 63.5. The summed E-state index contributed by atoms with van der Waals surface area (Å²) in [6.07, 6.45) is -12.0. The maximum absolute atomic E-state index is 14.3. The number of ether oxygens (including phenoxy) is 10. The van der Waals surface area contributed by atoms with Gasteiger partial charge in [-0.15, -0.1) is 0 Å². The quantitative estimate of drug-likeness (QED) is 0.0808. The molecule has 15 nitrogen and oxygen atoms in total. The summed E-state index contributed by atoms with van der Waals surface area (Å²) in [5, 5.41) is 0. The van der Waals surface area contributed by atoms with Gasteiger partial charge in [0.1, 0.15) is 49.8 Å². The fourth-order valence-corrected chi connectivity index (χ4v) is 8.28. The van der Waals surface area contributed by atoms with Crippen molar-refractivity contribution < 1.29 is 71.3 Å². The van der Waals surface area contributed by atoms with Gasteiger partial charge in [0.15, 0.2) is 29.9 Å². The van der Waals surface area contributed by atoms with E-state index >= 15 is 0 Å². The predicted molar refractivity (Wildman–Crippen MR) is 237 cm³/mol. The number of rotatable bonds is 14. The van der Waals surface area contributed by atoms with Crippen molar-refractivity contribution in [2.75, 3.05) is 13.2 Å². The maximum Gasteiger partial charge on any atom is 0.338 e. The Labute approximate surface area is 387 Å². The molecule has 3 saturated heterocycles. The van der Waals surface area contributed by atoms with Gasteiger partial charge in [-0.05, 0) is 88.4 Å². The van der Waals surface area contributed by atoms with Crippen LogP contribution in [0.3, 0.4) is 0 Å². The van der Waals surface area contributed by atoms with Crippen LogP contribution in [0.4, 0.5) is 0 Å². The summed E-state index contributed by atoms with van der Waals surface area (Å²) >= 11 is 0. The molecule has 1 unspecified atom stereocenters. The van der Waals surface area contributed by atoms with Crippen molar-refractivity contribution >= 4 is 29.8 Å². The first-order valence-electron chi connectivity index (χ1n) is 21.8. The molecule has 5 aromatic rings. The predicted octanol–water partition coefficient (Wildman–Crippen LogP) is 7.18. The van der Waals surface area contributed by atoms with E-state index in [9.17, 15) is 24.0 Å². The van der Waals surface area contributed by atoms with Gasteiger partial charge in [0.05, 0.1) is 27.8 Å². The fourth-order valence-electron chi connectivity index (χ4n) is 8.28. The Bertz CT molecular complexity index is 2480. The maximum atomic E-state index is 14.3. The number of hydrogen-bond acceptors (Lipinski definition) is 15. The molecule has 0 aromatic heterocycles. The van der Waals surface area contributed by atoms with Crippen molar-refractivity contribution in [3.63, 3.8) is 0 Å². The Kier molecular flexibility index (Phi) is 14.2. The molecule has 8 rings (SSSR count). The van der Waals surface area contributed by atoms with Crippen LogP contribution in [0.2, 0.25) is 0 Å². The van der Waals surface area contributed by atoms with E-state index in [1.54, 1.807) is 155 Å². The van der Waals surface area contributed by atoms with Gasteiger partial charge in [-0.2, -0.15) is 0 Å². The Hall–Kier alpha value is -6.75. The van der Waals surface area contributed by atoms with Crippen LogP contribution in [0.15, 0.2) is 152 Å². The summed E-state index contributed by atoms with van der Waals surface area (Å²) in [6, 6.07) is 40.9. The molecule has 0 N–H and O–H groups in total.